The van der Waals surface area contributed by atoms with E-state index in [4.69, 9.17) is 9.15 Å². The maximum atomic E-state index is 12.6. The highest BCUT2D eigenvalue weighted by molar-refractivity contribution is 6.04. The van der Waals surface area contributed by atoms with Crippen molar-refractivity contribution in [3.8, 4) is 17.0 Å². The molecule has 9 heteroatoms. The summed E-state index contributed by atoms with van der Waals surface area (Å²) in [7, 11) is 1.55. The molecule has 2 aromatic carbocycles. The lowest BCUT2D eigenvalue weighted by Gasteiger charge is -2.07. The molecule has 0 saturated carbocycles. The van der Waals surface area contributed by atoms with Gasteiger partial charge in [-0.1, -0.05) is 0 Å². The molecule has 1 amide bonds. The molecule has 0 aliphatic carbocycles. The number of oxazole rings is 1. The Balaban J connectivity index is 1.63. The molecule has 0 atom stereocenters. The zero-order chi connectivity index (χ0) is 19.7. The number of methoxy groups -OCH3 is 1. The van der Waals surface area contributed by atoms with Gasteiger partial charge >= 0.3 is 11.4 Å². The predicted molar refractivity (Wildman–Crippen MR) is 102 cm³/mol. The Hall–Kier alpha value is -4.14. The third kappa shape index (κ3) is 3.40. The Labute approximate surface area is 157 Å². The number of H-pyrrole nitrogens is 2. The summed E-state index contributed by atoms with van der Waals surface area (Å²) >= 11 is 0. The van der Waals surface area contributed by atoms with Gasteiger partial charge in [-0.05, 0) is 42.5 Å². The Bertz CT molecular complexity index is 1280. The van der Waals surface area contributed by atoms with Crippen molar-refractivity contribution in [2.75, 3.05) is 12.4 Å². The third-order valence-corrected chi connectivity index (χ3v) is 4.05. The fraction of sp³-hybridized carbons (Fsp3) is 0.0526. The van der Waals surface area contributed by atoms with Crippen LogP contribution in [0.5, 0.6) is 5.75 Å². The largest absolute Gasteiger partial charge is 0.497 e. The standard InChI is InChI=1S/C19H14N4O5/c1-27-12-5-2-10(3-6-12)14-9-15(22-18(25)21-14)17(24)20-11-4-7-13-16(8-11)28-19(26)23-13/h2-9H,1H3,(H,20,24)(H,23,26)(H,21,22,25). The van der Waals surface area contributed by atoms with E-state index in [0.717, 1.165) is 0 Å². The monoisotopic (exact) mass is 378 g/mol. The van der Waals surface area contributed by atoms with E-state index in [1.807, 2.05) is 0 Å². The zero-order valence-corrected chi connectivity index (χ0v) is 14.6. The van der Waals surface area contributed by atoms with E-state index >= 15 is 0 Å². The Morgan fingerprint density at radius 3 is 2.61 bits per heavy atom. The number of nitrogens with zero attached hydrogens (tertiary/aromatic N) is 1. The minimum atomic E-state index is -0.648. The van der Waals surface area contributed by atoms with Gasteiger partial charge < -0.3 is 19.5 Å². The van der Waals surface area contributed by atoms with Crippen LogP contribution in [0.1, 0.15) is 10.5 Å². The second-order valence-electron chi connectivity index (χ2n) is 5.89. The van der Waals surface area contributed by atoms with Crippen molar-refractivity contribution in [3.63, 3.8) is 0 Å². The number of anilines is 1. The van der Waals surface area contributed by atoms with Gasteiger partial charge in [-0.2, -0.15) is 4.98 Å². The summed E-state index contributed by atoms with van der Waals surface area (Å²) in [6.07, 6.45) is 0. The number of ether oxygens (including phenoxy) is 1. The molecule has 0 fully saturated rings. The van der Waals surface area contributed by atoms with Crippen molar-refractivity contribution in [2.24, 2.45) is 0 Å². The van der Waals surface area contributed by atoms with Gasteiger partial charge in [0.15, 0.2) is 5.58 Å². The quantitative estimate of drug-likeness (QED) is 0.499. The predicted octanol–water partition coefficient (Wildman–Crippen LogP) is 2.13. The first-order valence-electron chi connectivity index (χ1n) is 8.22. The highest BCUT2D eigenvalue weighted by Gasteiger charge is 2.12. The maximum absolute atomic E-state index is 12.6. The molecule has 0 saturated heterocycles. The number of amides is 1. The normalized spacial score (nSPS) is 10.8. The number of carbonyl (C=O) groups excluding carboxylic acids is 1. The molecule has 4 rings (SSSR count). The van der Waals surface area contributed by atoms with Crippen LogP contribution in [0.25, 0.3) is 22.4 Å². The number of fused-ring (bicyclic) bond motifs is 1. The first-order chi connectivity index (χ1) is 13.5. The second kappa shape index (κ2) is 6.88. The molecule has 140 valence electrons. The molecule has 2 heterocycles. The minimum Gasteiger partial charge on any atom is -0.497 e. The molecular formula is C19H14N4O5. The van der Waals surface area contributed by atoms with Gasteiger partial charge in [0.05, 0.1) is 18.3 Å². The Kier molecular flexibility index (Phi) is 4.24. The third-order valence-electron chi connectivity index (χ3n) is 4.05. The van der Waals surface area contributed by atoms with E-state index in [1.54, 1.807) is 43.5 Å². The lowest BCUT2D eigenvalue weighted by molar-refractivity contribution is 0.102. The first kappa shape index (κ1) is 17.3. The van der Waals surface area contributed by atoms with Crippen molar-refractivity contribution in [1.29, 1.82) is 0 Å². The smallest absolute Gasteiger partial charge is 0.417 e. The van der Waals surface area contributed by atoms with Crippen LogP contribution >= 0.6 is 0 Å². The summed E-state index contributed by atoms with van der Waals surface area (Å²) < 4.78 is 10.1. The molecular weight excluding hydrogens is 364 g/mol. The van der Waals surface area contributed by atoms with Crippen molar-refractivity contribution in [1.82, 2.24) is 15.0 Å². The van der Waals surface area contributed by atoms with Gasteiger partial charge in [0.1, 0.15) is 11.4 Å². The van der Waals surface area contributed by atoms with Crippen molar-refractivity contribution < 1.29 is 13.9 Å². The summed E-state index contributed by atoms with van der Waals surface area (Å²) in [5.41, 5.74) is 1.64. The van der Waals surface area contributed by atoms with Crippen LogP contribution < -0.4 is 21.5 Å². The summed E-state index contributed by atoms with van der Waals surface area (Å²) in [6.45, 7) is 0. The van der Waals surface area contributed by atoms with Crippen molar-refractivity contribution in [2.45, 2.75) is 0 Å². The lowest BCUT2D eigenvalue weighted by Crippen LogP contribution is -2.21. The van der Waals surface area contributed by atoms with Crippen LogP contribution in [-0.4, -0.2) is 28.0 Å². The van der Waals surface area contributed by atoms with Crippen LogP contribution in [-0.2, 0) is 0 Å². The first-order valence-corrected chi connectivity index (χ1v) is 8.22. The van der Waals surface area contributed by atoms with E-state index in [-0.39, 0.29) is 5.69 Å². The minimum absolute atomic E-state index is 0.0430. The van der Waals surface area contributed by atoms with Crippen LogP contribution in [0.15, 0.2) is 62.5 Å². The number of rotatable bonds is 4. The average molecular weight is 378 g/mol. The summed E-state index contributed by atoms with van der Waals surface area (Å²) in [5, 5.41) is 2.65. The highest BCUT2D eigenvalue weighted by atomic mass is 16.5. The molecule has 9 nitrogen and oxygen atoms in total. The van der Waals surface area contributed by atoms with Crippen LogP contribution in [0.2, 0.25) is 0 Å². The van der Waals surface area contributed by atoms with Crippen LogP contribution in [0, 0.1) is 0 Å². The Morgan fingerprint density at radius 2 is 1.86 bits per heavy atom. The van der Waals surface area contributed by atoms with E-state index in [2.05, 4.69) is 20.3 Å². The average Bonchev–Trinajstić information content (AvgIpc) is 3.07. The molecule has 0 aliphatic heterocycles. The van der Waals surface area contributed by atoms with Gasteiger partial charge in [-0.25, -0.2) is 9.59 Å². The number of aromatic nitrogens is 3. The fourth-order valence-corrected chi connectivity index (χ4v) is 2.71. The topological polar surface area (TPSA) is 130 Å². The number of aromatic amines is 2. The summed E-state index contributed by atoms with van der Waals surface area (Å²) in [4.78, 5) is 44.5. The lowest BCUT2D eigenvalue weighted by atomic mass is 10.1. The number of nitrogens with one attached hydrogen (secondary N) is 3. The molecule has 4 aromatic rings. The molecule has 28 heavy (non-hydrogen) atoms. The molecule has 0 radical (unpaired) electrons. The van der Waals surface area contributed by atoms with Gasteiger partial charge in [0.25, 0.3) is 5.91 Å². The van der Waals surface area contributed by atoms with E-state index < -0.39 is 17.4 Å². The maximum Gasteiger partial charge on any atom is 0.417 e. The molecule has 0 aliphatic rings. The highest BCUT2D eigenvalue weighted by Crippen LogP contribution is 2.21. The molecule has 0 spiro atoms. The van der Waals surface area contributed by atoms with Crippen molar-refractivity contribution in [3.05, 3.63) is 75.3 Å². The summed E-state index contributed by atoms with van der Waals surface area (Å²) in [5.74, 6) is -0.453. The van der Waals surface area contributed by atoms with Crippen LogP contribution in [0.4, 0.5) is 5.69 Å². The van der Waals surface area contributed by atoms with Crippen molar-refractivity contribution >= 4 is 22.7 Å². The van der Waals surface area contributed by atoms with Gasteiger partial charge in [0, 0.05) is 17.3 Å². The Morgan fingerprint density at radius 1 is 1.07 bits per heavy atom. The molecule has 3 N–H and O–H groups in total. The zero-order valence-electron chi connectivity index (χ0n) is 14.6. The van der Waals surface area contributed by atoms with E-state index in [1.165, 1.54) is 12.1 Å². The second-order valence-corrected chi connectivity index (χ2v) is 5.89. The summed E-state index contributed by atoms with van der Waals surface area (Å²) in [6, 6.07) is 13.1. The molecule has 0 unspecified atom stereocenters. The molecule has 0 bridgehead atoms. The van der Waals surface area contributed by atoms with E-state index in [0.29, 0.717) is 33.8 Å². The SMILES string of the molecule is COc1ccc(-c2cc(C(=O)Nc3ccc4[nH]c(=O)oc4c3)[nH]c(=O)n2)cc1. The van der Waals surface area contributed by atoms with Crippen LogP contribution in [0.3, 0.4) is 0 Å². The number of benzene rings is 2. The molecule has 2 aromatic heterocycles. The van der Waals surface area contributed by atoms with Gasteiger partial charge in [-0.15, -0.1) is 0 Å². The van der Waals surface area contributed by atoms with Gasteiger partial charge in [-0.3, -0.25) is 9.78 Å². The van der Waals surface area contributed by atoms with Gasteiger partial charge in [0.2, 0.25) is 0 Å². The fourth-order valence-electron chi connectivity index (χ4n) is 2.71. The van der Waals surface area contributed by atoms with E-state index in [9.17, 15) is 14.4 Å². The number of hydrogen-bond donors (Lipinski definition) is 3. The number of carbonyl (C=O) groups is 1. The number of hydrogen-bond acceptors (Lipinski definition) is 6.